The number of nitrogen functional groups attached to an aromatic ring is 1. The molecule has 0 heterocycles. The Morgan fingerprint density at radius 2 is 2.06 bits per heavy atom. The lowest BCUT2D eigenvalue weighted by atomic mass is 10.0. The zero-order valence-corrected chi connectivity index (χ0v) is 11.3. The summed E-state index contributed by atoms with van der Waals surface area (Å²) in [4.78, 5) is -0.0182. The molecule has 1 aromatic rings. The summed E-state index contributed by atoms with van der Waals surface area (Å²) in [6.07, 6.45) is 0.564. The van der Waals surface area contributed by atoms with Gasteiger partial charge in [0.1, 0.15) is 0 Å². The van der Waals surface area contributed by atoms with Crippen molar-refractivity contribution in [2.45, 2.75) is 30.8 Å². The van der Waals surface area contributed by atoms with Gasteiger partial charge in [-0.05, 0) is 31.5 Å². The molecule has 0 aromatic heterocycles. The van der Waals surface area contributed by atoms with Crippen LogP contribution in [0.1, 0.15) is 20.3 Å². The van der Waals surface area contributed by atoms with Crippen LogP contribution in [0.2, 0.25) is 0 Å². The molecule has 6 nitrogen and oxygen atoms in total. The van der Waals surface area contributed by atoms with E-state index in [2.05, 4.69) is 5.32 Å². The van der Waals surface area contributed by atoms with Gasteiger partial charge in [-0.15, -0.1) is 0 Å². The fourth-order valence-corrected chi connectivity index (χ4v) is 1.82. The lowest BCUT2D eigenvalue weighted by Crippen LogP contribution is -2.32. The predicted octanol–water partition coefficient (Wildman–Crippen LogP) is 0.489. The first-order chi connectivity index (χ1) is 8.15. The van der Waals surface area contributed by atoms with E-state index in [0.717, 1.165) is 0 Å². The first kappa shape index (κ1) is 14.7. The molecule has 0 amide bonds. The Morgan fingerprint density at radius 3 is 2.56 bits per heavy atom. The molecule has 1 atom stereocenters. The second-order valence-electron chi connectivity index (χ2n) is 4.50. The molecule has 0 radical (unpaired) electrons. The molecular formula is C11H19N3O3S. The second kappa shape index (κ2) is 5.13. The Bertz CT molecular complexity index is 526. The summed E-state index contributed by atoms with van der Waals surface area (Å²) in [5.74, 6) is 0. The number of hydrogen-bond acceptors (Lipinski definition) is 5. The molecule has 0 saturated carbocycles. The van der Waals surface area contributed by atoms with Crippen molar-refractivity contribution in [2.75, 3.05) is 17.6 Å². The van der Waals surface area contributed by atoms with Gasteiger partial charge in [0, 0.05) is 6.54 Å². The van der Waals surface area contributed by atoms with Crippen molar-refractivity contribution >= 4 is 21.4 Å². The smallest absolute Gasteiger partial charge is 0.238 e. The van der Waals surface area contributed by atoms with Gasteiger partial charge in [0.05, 0.1) is 21.9 Å². The molecule has 6 N–H and O–H groups in total. The van der Waals surface area contributed by atoms with Crippen LogP contribution in [0, 0.1) is 0 Å². The average Bonchev–Trinajstić information content (AvgIpc) is 2.26. The third kappa shape index (κ3) is 3.86. The predicted molar refractivity (Wildman–Crippen MR) is 71.6 cm³/mol. The standard InChI is InChI=1S/C11H19N3O3S/c1-3-11(2,15)7-14-10-6-8(18(13,16)17)4-5-9(10)12/h4-6,14-15H,3,7,12H2,1-2H3,(H2,13,16,17). The molecule has 1 rings (SSSR count). The molecule has 1 aromatic carbocycles. The first-order valence-electron chi connectivity index (χ1n) is 5.54. The van der Waals surface area contributed by atoms with E-state index < -0.39 is 15.6 Å². The molecule has 7 heteroatoms. The maximum Gasteiger partial charge on any atom is 0.238 e. The van der Waals surface area contributed by atoms with Gasteiger partial charge in [-0.1, -0.05) is 6.92 Å². The van der Waals surface area contributed by atoms with Gasteiger partial charge < -0.3 is 16.2 Å². The van der Waals surface area contributed by atoms with E-state index in [1.54, 1.807) is 6.92 Å². The highest BCUT2D eigenvalue weighted by Gasteiger charge is 2.18. The van der Waals surface area contributed by atoms with E-state index >= 15 is 0 Å². The summed E-state index contributed by atoms with van der Waals surface area (Å²) in [6.45, 7) is 3.80. The Morgan fingerprint density at radius 1 is 1.44 bits per heavy atom. The molecule has 0 bridgehead atoms. The number of aliphatic hydroxyl groups is 1. The van der Waals surface area contributed by atoms with Crippen LogP contribution in [0.4, 0.5) is 11.4 Å². The molecule has 1 unspecified atom stereocenters. The second-order valence-corrected chi connectivity index (χ2v) is 6.06. The van der Waals surface area contributed by atoms with Crippen molar-refractivity contribution in [1.82, 2.24) is 0 Å². The number of nitrogens with two attached hydrogens (primary N) is 2. The van der Waals surface area contributed by atoms with Crippen LogP contribution in [0.5, 0.6) is 0 Å². The van der Waals surface area contributed by atoms with E-state index in [-0.39, 0.29) is 11.4 Å². The lowest BCUT2D eigenvalue weighted by Gasteiger charge is -2.23. The lowest BCUT2D eigenvalue weighted by molar-refractivity contribution is 0.0697. The van der Waals surface area contributed by atoms with Crippen LogP contribution < -0.4 is 16.2 Å². The van der Waals surface area contributed by atoms with Crippen molar-refractivity contribution < 1.29 is 13.5 Å². The molecule has 18 heavy (non-hydrogen) atoms. The zero-order valence-electron chi connectivity index (χ0n) is 10.5. The molecular weight excluding hydrogens is 254 g/mol. The maximum absolute atomic E-state index is 11.2. The Kier molecular flexibility index (Phi) is 4.20. The van der Waals surface area contributed by atoms with E-state index in [4.69, 9.17) is 10.9 Å². The van der Waals surface area contributed by atoms with Gasteiger partial charge in [-0.25, -0.2) is 13.6 Å². The largest absolute Gasteiger partial charge is 0.397 e. The SMILES string of the molecule is CCC(C)(O)CNc1cc(S(N)(=O)=O)ccc1N. The number of sulfonamides is 1. The molecule has 0 fully saturated rings. The Hall–Kier alpha value is -1.31. The van der Waals surface area contributed by atoms with Crippen LogP contribution in [0.15, 0.2) is 23.1 Å². The minimum absolute atomic E-state index is 0.0182. The highest BCUT2D eigenvalue weighted by molar-refractivity contribution is 7.89. The normalized spacial score (nSPS) is 15.1. The fraction of sp³-hybridized carbons (Fsp3) is 0.455. The highest BCUT2D eigenvalue weighted by Crippen LogP contribution is 2.23. The topological polar surface area (TPSA) is 118 Å². The molecule has 0 spiro atoms. The monoisotopic (exact) mass is 273 g/mol. The van der Waals surface area contributed by atoms with Crippen molar-refractivity contribution in [3.63, 3.8) is 0 Å². The molecule has 0 aliphatic carbocycles. The third-order valence-electron chi connectivity index (χ3n) is 2.77. The summed E-state index contributed by atoms with van der Waals surface area (Å²) < 4.78 is 22.4. The van der Waals surface area contributed by atoms with Gasteiger partial charge in [0.2, 0.25) is 10.0 Å². The third-order valence-corrected chi connectivity index (χ3v) is 3.69. The van der Waals surface area contributed by atoms with Crippen LogP contribution in [-0.2, 0) is 10.0 Å². The van der Waals surface area contributed by atoms with Gasteiger partial charge in [0.25, 0.3) is 0 Å². The van der Waals surface area contributed by atoms with Crippen molar-refractivity contribution in [3.05, 3.63) is 18.2 Å². The van der Waals surface area contributed by atoms with Gasteiger partial charge in [-0.3, -0.25) is 0 Å². The van der Waals surface area contributed by atoms with E-state index in [1.165, 1.54) is 18.2 Å². The quantitative estimate of drug-likeness (QED) is 0.582. The number of nitrogens with one attached hydrogen (secondary N) is 1. The van der Waals surface area contributed by atoms with Crippen LogP contribution >= 0.6 is 0 Å². The summed E-state index contributed by atoms with van der Waals surface area (Å²) in [7, 11) is -3.76. The summed E-state index contributed by atoms with van der Waals surface area (Å²) in [5, 5.41) is 17.8. The molecule has 102 valence electrons. The molecule has 0 saturated heterocycles. The van der Waals surface area contributed by atoms with Crippen LogP contribution in [0.25, 0.3) is 0 Å². The van der Waals surface area contributed by atoms with Gasteiger partial charge in [-0.2, -0.15) is 0 Å². The Labute approximate surface area is 107 Å². The van der Waals surface area contributed by atoms with Gasteiger partial charge >= 0.3 is 0 Å². The van der Waals surface area contributed by atoms with Gasteiger partial charge in [0.15, 0.2) is 0 Å². The molecule has 0 aliphatic heterocycles. The highest BCUT2D eigenvalue weighted by atomic mass is 32.2. The van der Waals surface area contributed by atoms with Crippen molar-refractivity contribution in [3.8, 4) is 0 Å². The van der Waals surface area contributed by atoms with E-state index in [9.17, 15) is 13.5 Å². The zero-order chi connectivity index (χ0) is 14.0. The average molecular weight is 273 g/mol. The number of hydrogen-bond donors (Lipinski definition) is 4. The number of benzene rings is 1. The van der Waals surface area contributed by atoms with E-state index in [1.807, 2.05) is 6.92 Å². The number of rotatable bonds is 5. The van der Waals surface area contributed by atoms with Crippen LogP contribution in [0.3, 0.4) is 0 Å². The number of primary sulfonamides is 1. The molecule has 0 aliphatic rings. The van der Waals surface area contributed by atoms with Crippen molar-refractivity contribution in [2.24, 2.45) is 5.14 Å². The van der Waals surface area contributed by atoms with Crippen LogP contribution in [-0.4, -0.2) is 25.7 Å². The summed E-state index contributed by atoms with van der Waals surface area (Å²) in [6, 6.07) is 4.16. The summed E-state index contributed by atoms with van der Waals surface area (Å²) in [5.41, 5.74) is 5.68. The van der Waals surface area contributed by atoms with E-state index in [0.29, 0.717) is 17.8 Å². The Balaban J connectivity index is 2.96. The minimum atomic E-state index is -3.76. The summed E-state index contributed by atoms with van der Waals surface area (Å²) >= 11 is 0. The number of anilines is 2. The fourth-order valence-electron chi connectivity index (χ4n) is 1.28. The van der Waals surface area contributed by atoms with Crippen molar-refractivity contribution in [1.29, 1.82) is 0 Å². The first-order valence-corrected chi connectivity index (χ1v) is 7.09. The maximum atomic E-state index is 11.2. The minimum Gasteiger partial charge on any atom is -0.397 e.